The standard InChI is InChI=1S/C20H25N5OS/c1-13(2)25-16(5-6-21-25)19(26)23-7-9-24(10-8-23)20-22-18-15(4)11-14(3)12-17(18)27-20/h5-6,11-13H,7-10H2,1-4H3. The van der Waals surface area contributed by atoms with Crippen LogP contribution in [0.1, 0.15) is 41.5 Å². The van der Waals surface area contributed by atoms with Crippen LogP contribution in [0.25, 0.3) is 10.2 Å². The molecule has 1 fully saturated rings. The Morgan fingerprint density at radius 1 is 1.15 bits per heavy atom. The smallest absolute Gasteiger partial charge is 0.272 e. The molecule has 0 atom stereocenters. The molecule has 0 radical (unpaired) electrons. The summed E-state index contributed by atoms with van der Waals surface area (Å²) in [5.74, 6) is 0.0663. The molecule has 1 aliphatic rings. The first kappa shape index (κ1) is 18.0. The molecule has 1 aliphatic heterocycles. The van der Waals surface area contributed by atoms with Crippen molar-refractivity contribution in [2.45, 2.75) is 33.7 Å². The van der Waals surface area contributed by atoms with Crippen molar-refractivity contribution in [1.29, 1.82) is 0 Å². The number of carbonyl (C=O) groups is 1. The number of nitrogens with zero attached hydrogens (tertiary/aromatic N) is 5. The summed E-state index contributed by atoms with van der Waals surface area (Å²) in [6.07, 6.45) is 1.70. The number of amides is 1. The van der Waals surface area contributed by atoms with Crippen molar-refractivity contribution in [1.82, 2.24) is 19.7 Å². The molecule has 0 N–H and O–H groups in total. The van der Waals surface area contributed by atoms with Crippen LogP contribution in [0.2, 0.25) is 0 Å². The van der Waals surface area contributed by atoms with Gasteiger partial charge in [0, 0.05) is 38.4 Å². The lowest BCUT2D eigenvalue weighted by molar-refractivity contribution is 0.0732. The maximum atomic E-state index is 12.9. The highest BCUT2D eigenvalue weighted by molar-refractivity contribution is 7.22. The molecule has 0 unspecified atom stereocenters. The van der Waals surface area contributed by atoms with Gasteiger partial charge in [-0.2, -0.15) is 5.10 Å². The Morgan fingerprint density at radius 2 is 1.89 bits per heavy atom. The summed E-state index contributed by atoms with van der Waals surface area (Å²) in [7, 11) is 0. The fourth-order valence-electron chi connectivity index (χ4n) is 3.65. The predicted octanol–water partition coefficient (Wildman–Crippen LogP) is 3.65. The fraction of sp³-hybridized carbons (Fsp3) is 0.450. The van der Waals surface area contributed by atoms with Gasteiger partial charge in [-0.15, -0.1) is 0 Å². The highest BCUT2D eigenvalue weighted by atomic mass is 32.1. The molecule has 6 nitrogen and oxygen atoms in total. The van der Waals surface area contributed by atoms with Crippen LogP contribution >= 0.6 is 11.3 Å². The van der Waals surface area contributed by atoms with E-state index in [0.29, 0.717) is 18.8 Å². The minimum absolute atomic E-state index is 0.0663. The molecule has 142 valence electrons. The SMILES string of the molecule is Cc1cc(C)c2nc(N3CCN(C(=O)c4ccnn4C(C)C)CC3)sc2c1. The van der Waals surface area contributed by atoms with Gasteiger partial charge in [0.2, 0.25) is 0 Å². The second-order valence-electron chi connectivity index (χ2n) is 7.46. The van der Waals surface area contributed by atoms with Crippen LogP contribution < -0.4 is 4.90 Å². The highest BCUT2D eigenvalue weighted by Crippen LogP contribution is 2.32. The molecule has 1 amide bonds. The number of benzene rings is 1. The van der Waals surface area contributed by atoms with Gasteiger partial charge in [-0.05, 0) is 51.0 Å². The molecule has 3 heterocycles. The van der Waals surface area contributed by atoms with Crippen molar-refractivity contribution in [2.75, 3.05) is 31.1 Å². The number of fused-ring (bicyclic) bond motifs is 1. The lowest BCUT2D eigenvalue weighted by Crippen LogP contribution is -2.49. The number of hydrogen-bond acceptors (Lipinski definition) is 5. The first-order valence-electron chi connectivity index (χ1n) is 9.39. The molecular weight excluding hydrogens is 358 g/mol. The van der Waals surface area contributed by atoms with Gasteiger partial charge in [0.05, 0.1) is 10.2 Å². The van der Waals surface area contributed by atoms with Gasteiger partial charge in [0.15, 0.2) is 5.13 Å². The van der Waals surface area contributed by atoms with Gasteiger partial charge in [-0.3, -0.25) is 9.48 Å². The number of aromatic nitrogens is 3. The van der Waals surface area contributed by atoms with E-state index in [1.807, 2.05) is 24.8 Å². The minimum Gasteiger partial charge on any atom is -0.345 e. The highest BCUT2D eigenvalue weighted by Gasteiger charge is 2.26. The van der Waals surface area contributed by atoms with Crippen LogP contribution in [0.5, 0.6) is 0 Å². The van der Waals surface area contributed by atoms with Crippen molar-refractivity contribution in [3.8, 4) is 0 Å². The van der Waals surface area contributed by atoms with Crippen molar-refractivity contribution in [3.63, 3.8) is 0 Å². The third kappa shape index (κ3) is 3.32. The van der Waals surface area contributed by atoms with Gasteiger partial charge in [0.1, 0.15) is 5.69 Å². The van der Waals surface area contributed by atoms with E-state index in [2.05, 4.69) is 36.0 Å². The Bertz CT molecular complexity index is 982. The van der Waals surface area contributed by atoms with E-state index >= 15 is 0 Å². The van der Waals surface area contributed by atoms with Crippen molar-refractivity contribution < 1.29 is 4.79 Å². The summed E-state index contributed by atoms with van der Waals surface area (Å²) in [4.78, 5) is 22.0. The third-order valence-electron chi connectivity index (χ3n) is 5.03. The normalized spacial score (nSPS) is 15.1. The van der Waals surface area contributed by atoms with E-state index in [4.69, 9.17) is 4.98 Å². The molecule has 0 saturated carbocycles. The predicted molar refractivity (Wildman–Crippen MR) is 110 cm³/mol. The average Bonchev–Trinajstić information content (AvgIpc) is 3.28. The first-order valence-corrected chi connectivity index (χ1v) is 10.2. The van der Waals surface area contributed by atoms with Crippen LogP contribution in [-0.2, 0) is 0 Å². The zero-order valence-electron chi connectivity index (χ0n) is 16.3. The van der Waals surface area contributed by atoms with Crippen LogP contribution in [0, 0.1) is 13.8 Å². The van der Waals surface area contributed by atoms with Crippen LogP contribution in [0.3, 0.4) is 0 Å². The molecule has 27 heavy (non-hydrogen) atoms. The number of piperazine rings is 1. The molecule has 0 aliphatic carbocycles. The largest absolute Gasteiger partial charge is 0.345 e. The number of carbonyl (C=O) groups excluding carboxylic acids is 1. The summed E-state index contributed by atoms with van der Waals surface area (Å²) in [6, 6.07) is 6.37. The van der Waals surface area contributed by atoms with E-state index in [1.165, 1.54) is 15.8 Å². The average molecular weight is 384 g/mol. The number of aryl methyl sites for hydroxylation is 2. The number of rotatable bonds is 3. The third-order valence-corrected chi connectivity index (χ3v) is 6.10. The van der Waals surface area contributed by atoms with E-state index < -0.39 is 0 Å². The Labute approximate surface area is 163 Å². The van der Waals surface area contributed by atoms with Crippen molar-refractivity contribution in [3.05, 3.63) is 41.2 Å². The van der Waals surface area contributed by atoms with Crippen LogP contribution in [0.4, 0.5) is 5.13 Å². The van der Waals surface area contributed by atoms with Crippen molar-refractivity contribution in [2.24, 2.45) is 0 Å². The zero-order valence-corrected chi connectivity index (χ0v) is 17.1. The Hall–Kier alpha value is -2.41. The molecule has 1 aromatic carbocycles. The molecule has 1 saturated heterocycles. The summed E-state index contributed by atoms with van der Waals surface area (Å²) >= 11 is 1.74. The molecule has 2 aromatic heterocycles. The van der Waals surface area contributed by atoms with E-state index in [1.54, 1.807) is 22.2 Å². The minimum atomic E-state index is 0.0663. The van der Waals surface area contributed by atoms with Gasteiger partial charge >= 0.3 is 0 Å². The Balaban J connectivity index is 1.48. The van der Waals surface area contributed by atoms with Gasteiger partial charge in [-0.1, -0.05) is 17.4 Å². The van der Waals surface area contributed by atoms with E-state index in [-0.39, 0.29) is 11.9 Å². The van der Waals surface area contributed by atoms with Gasteiger partial charge in [0.25, 0.3) is 5.91 Å². The second-order valence-corrected chi connectivity index (χ2v) is 8.47. The maximum Gasteiger partial charge on any atom is 0.272 e. The van der Waals surface area contributed by atoms with E-state index in [0.717, 1.165) is 23.7 Å². The zero-order chi connectivity index (χ0) is 19.1. The van der Waals surface area contributed by atoms with Crippen LogP contribution in [-0.4, -0.2) is 51.8 Å². The summed E-state index contributed by atoms with van der Waals surface area (Å²) in [6.45, 7) is 11.3. The number of thiazole rings is 1. The monoisotopic (exact) mass is 383 g/mol. The fourth-order valence-corrected chi connectivity index (χ4v) is 4.85. The van der Waals surface area contributed by atoms with Gasteiger partial charge in [-0.25, -0.2) is 4.98 Å². The molecule has 3 aromatic rings. The first-order chi connectivity index (χ1) is 12.9. The number of hydrogen-bond donors (Lipinski definition) is 0. The van der Waals surface area contributed by atoms with Crippen LogP contribution in [0.15, 0.2) is 24.4 Å². The molecular formula is C20H25N5OS. The molecule has 4 rings (SSSR count). The lowest BCUT2D eigenvalue weighted by atomic mass is 10.1. The molecule has 0 spiro atoms. The summed E-state index contributed by atoms with van der Waals surface area (Å²) in [5.41, 5.74) is 4.26. The molecule has 0 bridgehead atoms. The summed E-state index contributed by atoms with van der Waals surface area (Å²) < 4.78 is 3.04. The summed E-state index contributed by atoms with van der Waals surface area (Å²) in [5, 5.41) is 5.34. The Morgan fingerprint density at radius 3 is 2.59 bits per heavy atom. The molecule has 7 heteroatoms. The quantitative estimate of drug-likeness (QED) is 0.693. The topological polar surface area (TPSA) is 54.3 Å². The number of anilines is 1. The van der Waals surface area contributed by atoms with Gasteiger partial charge < -0.3 is 9.80 Å². The maximum absolute atomic E-state index is 12.9. The second kappa shape index (κ2) is 6.96. The Kier molecular flexibility index (Phi) is 4.63. The lowest BCUT2D eigenvalue weighted by Gasteiger charge is -2.34. The van der Waals surface area contributed by atoms with E-state index in [9.17, 15) is 4.79 Å². The van der Waals surface area contributed by atoms with Crippen molar-refractivity contribution >= 4 is 32.6 Å².